The molecule has 1 N–H and O–H groups in total. The highest BCUT2D eigenvalue weighted by Crippen LogP contribution is 2.41. The van der Waals surface area contributed by atoms with Crippen LogP contribution in [0.4, 0.5) is 0 Å². The van der Waals surface area contributed by atoms with Crippen LogP contribution in [0, 0.1) is 0 Å². The Morgan fingerprint density at radius 1 is 0.704 bits per heavy atom. The second-order valence-electron chi connectivity index (χ2n) is 6.86. The summed E-state index contributed by atoms with van der Waals surface area (Å²) < 4.78 is 2.08. The Kier molecular flexibility index (Phi) is 5.58. The molecular weight excluding hydrogens is 466 g/mol. The summed E-state index contributed by atoms with van der Waals surface area (Å²) in [6, 6.07) is 26.5. The molecule has 0 unspecified atom stereocenters. The summed E-state index contributed by atoms with van der Waals surface area (Å²) in [5.74, 6) is 0.0971. The number of hydrogen-bond donors (Lipinski definition) is 1. The first-order valence-electron chi connectivity index (χ1n) is 8.96. The quantitative estimate of drug-likeness (QED) is 0.469. The molecule has 1 heterocycles. The van der Waals surface area contributed by atoms with E-state index in [1.807, 2.05) is 42.5 Å². The second kappa shape index (κ2) is 8.09. The van der Waals surface area contributed by atoms with E-state index in [0.29, 0.717) is 6.42 Å². The Balaban J connectivity index is 1.73. The van der Waals surface area contributed by atoms with E-state index in [2.05, 4.69) is 73.6 Å². The van der Waals surface area contributed by atoms with Crippen LogP contribution in [0.15, 0.2) is 87.8 Å². The number of nitrogens with one attached hydrogen (secondary N) is 1. The molecule has 4 rings (SSSR count). The summed E-state index contributed by atoms with van der Waals surface area (Å²) in [6.07, 6.45) is 0.494. The fourth-order valence-electron chi connectivity index (χ4n) is 3.79. The monoisotopic (exact) mass is 483 g/mol. The lowest BCUT2D eigenvalue weighted by Gasteiger charge is -2.37. The first-order valence-corrected chi connectivity index (χ1v) is 10.5. The SMILES string of the molecule is O=C1C[C@@H](c2ccc(Br)cc2)N[C@@H](c2ccc(Br)cc2)[C@@H]1c1ccccc1. The van der Waals surface area contributed by atoms with Crippen LogP contribution >= 0.6 is 31.9 Å². The predicted octanol–water partition coefficient (Wildman–Crippen LogP) is 6.34. The fourth-order valence-corrected chi connectivity index (χ4v) is 4.32. The number of rotatable bonds is 3. The molecule has 3 aromatic carbocycles. The summed E-state index contributed by atoms with van der Waals surface area (Å²) in [5, 5.41) is 3.75. The molecule has 0 spiro atoms. The molecule has 1 aliphatic heterocycles. The van der Waals surface area contributed by atoms with Crippen molar-refractivity contribution in [1.29, 1.82) is 0 Å². The molecule has 3 atom stereocenters. The van der Waals surface area contributed by atoms with Crippen LogP contribution in [0.2, 0.25) is 0 Å². The van der Waals surface area contributed by atoms with Gasteiger partial charge in [-0.05, 0) is 41.0 Å². The molecule has 1 aliphatic rings. The minimum absolute atomic E-state index is 0.0132. The highest BCUT2D eigenvalue weighted by Gasteiger charge is 2.38. The molecule has 1 saturated heterocycles. The van der Waals surface area contributed by atoms with E-state index in [-0.39, 0.29) is 23.8 Å². The Labute approximate surface area is 176 Å². The van der Waals surface area contributed by atoms with E-state index in [4.69, 9.17) is 0 Å². The third-order valence-electron chi connectivity index (χ3n) is 5.13. The van der Waals surface area contributed by atoms with Crippen molar-refractivity contribution in [2.24, 2.45) is 0 Å². The normalized spacial score (nSPS) is 22.6. The van der Waals surface area contributed by atoms with Gasteiger partial charge in [0.25, 0.3) is 0 Å². The lowest BCUT2D eigenvalue weighted by molar-refractivity contribution is -0.123. The standard InChI is InChI=1S/C23H19Br2NO/c24-18-10-6-15(7-11-18)20-14-21(27)22(16-4-2-1-3-5-16)23(26-20)17-8-12-19(25)13-9-17/h1-13,20,22-23,26H,14H2/t20-,22+,23-/m0/s1. The van der Waals surface area contributed by atoms with Crippen molar-refractivity contribution in [2.75, 3.05) is 0 Å². The molecule has 3 aromatic rings. The van der Waals surface area contributed by atoms with Gasteiger partial charge in [-0.3, -0.25) is 4.79 Å². The first-order chi connectivity index (χ1) is 13.1. The molecule has 0 radical (unpaired) electrons. The summed E-state index contributed by atoms with van der Waals surface area (Å²) in [4.78, 5) is 13.2. The third kappa shape index (κ3) is 4.08. The van der Waals surface area contributed by atoms with Crippen LogP contribution in [-0.4, -0.2) is 5.78 Å². The van der Waals surface area contributed by atoms with Gasteiger partial charge in [-0.15, -0.1) is 0 Å². The first kappa shape index (κ1) is 18.6. The molecule has 0 bridgehead atoms. The number of benzene rings is 3. The Hall–Kier alpha value is -1.75. The van der Waals surface area contributed by atoms with Gasteiger partial charge in [0, 0.05) is 27.4 Å². The number of piperidine rings is 1. The summed E-state index contributed by atoms with van der Waals surface area (Å²) in [6.45, 7) is 0. The number of Topliss-reactive ketones (excluding diaryl/α,β-unsaturated/α-hetero) is 1. The van der Waals surface area contributed by atoms with Gasteiger partial charge in [0.2, 0.25) is 0 Å². The van der Waals surface area contributed by atoms with Crippen molar-refractivity contribution in [3.8, 4) is 0 Å². The van der Waals surface area contributed by atoms with Gasteiger partial charge in [0.1, 0.15) is 5.78 Å². The summed E-state index contributed by atoms with van der Waals surface area (Å²) >= 11 is 6.99. The zero-order chi connectivity index (χ0) is 18.8. The van der Waals surface area contributed by atoms with Crippen molar-refractivity contribution in [2.45, 2.75) is 24.4 Å². The number of hydrogen-bond acceptors (Lipinski definition) is 2. The average Bonchev–Trinajstić information content (AvgIpc) is 2.69. The Morgan fingerprint density at radius 2 is 1.26 bits per heavy atom. The maximum absolute atomic E-state index is 13.2. The Bertz CT molecular complexity index is 923. The van der Waals surface area contributed by atoms with Crippen LogP contribution < -0.4 is 5.32 Å². The zero-order valence-electron chi connectivity index (χ0n) is 14.6. The van der Waals surface area contributed by atoms with E-state index in [0.717, 1.165) is 25.6 Å². The van der Waals surface area contributed by atoms with E-state index in [1.165, 1.54) is 0 Å². The van der Waals surface area contributed by atoms with Gasteiger partial charge in [-0.1, -0.05) is 86.5 Å². The fraction of sp³-hybridized carbons (Fsp3) is 0.174. The number of carbonyl (C=O) groups excluding carboxylic acids is 1. The van der Waals surface area contributed by atoms with Crippen LogP contribution in [0.5, 0.6) is 0 Å². The lowest BCUT2D eigenvalue weighted by Crippen LogP contribution is -2.41. The van der Waals surface area contributed by atoms with Crippen molar-refractivity contribution < 1.29 is 4.79 Å². The molecule has 0 saturated carbocycles. The number of halogens is 2. The zero-order valence-corrected chi connectivity index (χ0v) is 17.8. The second-order valence-corrected chi connectivity index (χ2v) is 8.69. The largest absolute Gasteiger partial charge is 0.302 e. The van der Waals surface area contributed by atoms with Crippen molar-refractivity contribution in [3.05, 3.63) is 104 Å². The van der Waals surface area contributed by atoms with E-state index >= 15 is 0 Å². The average molecular weight is 485 g/mol. The molecule has 4 heteroatoms. The lowest BCUT2D eigenvalue weighted by atomic mass is 9.77. The van der Waals surface area contributed by atoms with Crippen LogP contribution in [-0.2, 0) is 4.79 Å². The number of ketones is 1. The minimum atomic E-state index is -0.181. The van der Waals surface area contributed by atoms with Crippen molar-refractivity contribution in [3.63, 3.8) is 0 Å². The van der Waals surface area contributed by atoms with Gasteiger partial charge >= 0.3 is 0 Å². The topological polar surface area (TPSA) is 29.1 Å². The van der Waals surface area contributed by atoms with E-state index < -0.39 is 0 Å². The molecule has 1 fully saturated rings. The van der Waals surface area contributed by atoms with Crippen LogP contribution in [0.25, 0.3) is 0 Å². The van der Waals surface area contributed by atoms with E-state index in [1.54, 1.807) is 0 Å². The summed E-state index contributed by atoms with van der Waals surface area (Å²) in [7, 11) is 0. The molecule has 0 aliphatic carbocycles. The maximum Gasteiger partial charge on any atom is 0.144 e. The Morgan fingerprint density at radius 3 is 1.85 bits per heavy atom. The molecule has 27 heavy (non-hydrogen) atoms. The van der Waals surface area contributed by atoms with Crippen LogP contribution in [0.3, 0.4) is 0 Å². The highest BCUT2D eigenvalue weighted by molar-refractivity contribution is 9.10. The van der Waals surface area contributed by atoms with Gasteiger partial charge in [0.05, 0.1) is 5.92 Å². The van der Waals surface area contributed by atoms with Gasteiger partial charge in [-0.25, -0.2) is 0 Å². The molecular formula is C23H19Br2NO. The van der Waals surface area contributed by atoms with E-state index in [9.17, 15) is 4.79 Å². The molecule has 2 nitrogen and oxygen atoms in total. The minimum Gasteiger partial charge on any atom is -0.302 e. The van der Waals surface area contributed by atoms with Crippen LogP contribution in [0.1, 0.15) is 41.1 Å². The number of carbonyl (C=O) groups is 1. The molecule has 0 aromatic heterocycles. The van der Waals surface area contributed by atoms with Gasteiger partial charge < -0.3 is 5.32 Å². The smallest absolute Gasteiger partial charge is 0.144 e. The molecule has 0 amide bonds. The van der Waals surface area contributed by atoms with Crippen molar-refractivity contribution in [1.82, 2.24) is 5.32 Å². The molecule has 136 valence electrons. The predicted molar refractivity (Wildman–Crippen MR) is 116 cm³/mol. The van der Waals surface area contributed by atoms with Gasteiger partial charge in [-0.2, -0.15) is 0 Å². The van der Waals surface area contributed by atoms with Gasteiger partial charge in [0.15, 0.2) is 0 Å². The highest BCUT2D eigenvalue weighted by atomic mass is 79.9. The maximum atomic E-state index is 13.2. The van der Waals surface area contributed by atoms with Crippen molar-refractivity contribution >= 4 is 37.6 Å². The summed E-state index contributed by atoms with van der Waals surface area (Å²) in [5.41, 5.74) is 3.33. The third-order valence-corrected chi connectivity index (χ3v) is 6.18.